The van der Waals surface area contributed by atoms with Crippen LogP contribution in [0.4, 0.5) is 0 Å². The van der Waals surface area contributed by atoms with Gasteiger partial charge in [-0.1, -0.05) is 41.4 Å². The highest BCUT2D eigenvalue weighted by molar-refractivity contribution is 7.86. The third-order valence-corrected chi connectivity index (χ3v) is 9.14. The largest absolute Gasteiger partial charge is 0.463 e. The molecule has 3 heterocycles. The number of aliphatic hydroxyl groups is 3. The molecule has 3 N–H and O–H groups in total. The fraction of sp³-hybridized carbons (Fsp3) is 0.296. The first kappa shape index (κ1) is 27.9. The van der Waals surface area contributed by atoms with E-state index in [1.54, 1.807) is 48.9 Å². The molecule has 9 nitrogen and oxygen atoms in total. The zero-order valence-corrected chi connectivity index (χ0v) is 23.1. The molecule has 1 fully saturated rings. The Bertz CT molecular complexity index is 1520. The molecule has 0 bridgehead atoms. The zero-order valence-electron chi connectivity index (χ0n) is 20.7. The summed E-state index contributed by atoms with van der Waals surface area (Å²) in [6, 6.07) is 14.8. The molecule has 1 saturated heterocycles. The van der Waals surface area contributed by atoms with Crippen molar-refractivity contribution in [3.63, 3.8) is 0 Å². The molecule has 2 aromatic carbocycles. The van der Waals surface area contributed by atoms with Crippen molar-refractivity contribution in [1.29, 1.82) is 0 Å². The van der Waals surface area contributed by atoms with Gasteiger partial charge in [-0.25, -0.2) is 4.98 Å². The van der Waals surface area contributed by atoms with Crippen LogP contribution in [-0.2, 0) is 25.5 Å². The average molecular weight is 592 g/mol. The van der Waals surface area contributed by atoms with Gasteiger partial charge in [0.2, 0.25) is 0 Å². The van der Waals surface area contributed by atoms with Crippen LogP contribution in [-0.4, -0.2) is 59.7 Å². The van der Waals surface area contributed by atoms with Gasteiger partial charge in [0.05, 0.1) is 27.7 Å². The predicted molar refractivity (Wildman–Crippen MR) is 144 cm³/mol. The van der Waals surface area contributed by atoms with Crippen molar-refractivity contribution < 1.29 is 37.1 Å². The molecule has 4 aromatic rings. The highest BCUT2D eigenvalue weighted by atomic mass is 35.5. The minimum Gasteiger partial charge on any atom is -0.463 e. The van der Waals surface area contributed by atoms with Gasteiger partial charge in [0, 0.05) is 17.6 Å². The van der Waals surface area contributed by atoms with Crippen molar-refractivity contribution in [3.05, 3.63) is 93.8 Å². The van der Waals surface area contributed by atoms with Crippen molar-refractivity contribution in [1.82, 2.24) is 4.98 Å². The van der Waals surface area contributed by atoms with E-state index in [0.29, 0.717) is 28.3 Å². The maximum atomic E-state index is 12.6. The fourth-order valence-electron chi connectivity index (χ4n) is 4.29. The van der Waals surface area contributed by atoms with Gasteiger partial charge in [0.1, 0.15) is 36.3 Å². The van der Waals surface area contributed by atoms with Crippen molar-refractivity contribution >= 4 is 33.1 Å². The third kappa shape index (κ3) is 6.11. The molecule has 0 amide bonds. The zero-order chi connectivity index (χ0) is 27.7. The fourth-order valence-corrected chi connectivity index (χ4v) is 6.30. The van der Waals surface area contributed by atoms with Crippen LogP contribution in [0.25, 0.3) is 10.6 Å². The van der Waals surface area contributed by atoms with Crippen LogP contribution in [0.2, 0.25) is 5.02 Å². The minimum atomic E-state index is -4.14. The Balaban J connectivity index is 1.33. The Morgan fingerprint density at radius 3 is 2.54 bits per heavy atom. The highest BCUT2D eigenvalue weighted by Gasteiger charge is 2.45. The molecular weight excluding hydrogens is 566 g/mol. The molecule has 0 aliphatic carbocycles. The average Bonchev–Trinajstić information content (AvgIpc) is 3.61. The van der Waals surface area contributed by atoms with Crippen molar-refractivity contribution in [2.45, 2.75) is 48.8 Å². The van der Waals surface area contributed by atoms with E-state index in [1.807, 2.05) is 13.0 Å². The number of rotatable bonds is 8. The van der Waals surface area contributed by atoms with Crippen LogP contribution < -0.4 is 0 Å². The number of aromatic nitrogens is 1. The molecule has 5 atom stereocenters. The second kappa shape index (κ2) is 11.5. The summed E-state index contributed by atoms with van der Waals surface area (Å²) in [5.74, 6) is 0.711. The predicted octanol–water partition coefficient (Wildman–Crippen LogP) is 3.88. The molecule has 12 heteroatoms. The Labute approximate surface area is 234 Å². The Morgan fingerprint density at radius 1 is 1.05 bits per heavy atom. The van der Waals surface area contributed by atoms with Crippen molar-refractivity contribution in [2.75, 3.05) is 6.61 Å². The number of hydrogen-bond donors (Lipinski definition) is 3. The summed E-state index contributed by atoms with van der Waals surface area (Å²) in [7, 11) is -4.14. The van der Waals surface area contributed by atoms with E-state index in [0.717, 1.165) is 15.4 Å². The first-order valence-corrected chi connectivity index (χ1v) is 14.7. The molecule has 39 heavy (non-hydrogen) atoms. The summed E-state index contributed by atoms with van der Waals surface area (Å²) in [5, 5.41) is 33.0. The lowest BCUT2D eigenvalue weighted by atomic mass is 9.90. The monoisotopic (exact) mass is 591 g/mol. The summed E-state index contributed by atoms with van der Waals surface area (Å²) in [6.45, 7) is 1.26. The number of aryl methyl sites for hydroxylation is 1. The molecular formula is C27H26ClNO8S2. The Kier molecular flexibility index (Phi) is 8.22. The number of halogens is 1. The van der Waals surface area contributed by atoms with Gasteiger partial charge in [-0.2, -0.15) is 8.42 Å². The SMILES string of the molecule is Cc1ccc(S(=O)(=O)OC[C@H]2O[C@@H](c3ccc(Cl)c(Cc4ncc(-c5ccco5)s4)c3)[C@H](O)[C@H](O)[C@H]2O)cc1. The van der Waals surface area contributed by atoms with Crippen LogP contribution in [0.5, 0.6) is 0 Å². The Hall–Kier alpha value is -2.61. The number of thiazole rings is 1. The first-order valence-electron chi connectivity index (χ1n) is 12.0. The first-order chi connectivity index (χ1) is 18.6. The molecule has 1 aliphatic heterocycles. The summed E-state index contributed by atoms with van der Waals surface area (Å²) in [5.41, 5.74) is 2.08. The quantitative estimate of drug-likeness (QED) is 0.260. The van der Waals surface area contributed by atoms with E-state index in [4.69, 9.17) is 24.9 Å². The van der Waals surface area contributed by atoms with Gasteiger partial charge >= 0.3 is 0 Å². The molecule has 0 unspecified atom stereocenters. The van der Waals surface area contributed by atoms with E-state index in [9.17, 15) is 23.7 Å². The van der Waals surface area contributed by atoms with Crippen LogP contribution in [0.15, 0.2) is 76.4 Å². The van der Waals surface area contributed by atoms with E-state index >= 15 is 0 Å². The number of benzene rings is 2. The van der Waals surface area contributed by atoms with Gasteiger partial charge in [0.25, 0.3) is 10.1 Å². The topological polar surface area (TPSA) is 139 Å². The summed E-state index contributed by atoms with van der Waals surface area (Å²) < 4.78 is 41.7. The molecule has 1 aliphatic rings. The van der Waals surface area contributed by atoms with Gasteiger partial charge in [-0.3, -0.25) is 4.18 Å². The van der Waals surface area contributed by atoms with Crippen LogP contribution >= 0.6 is 22.9 Å². The normalized spacial score (nSPS) is 23.7. The van der Waals surface area contributed by atoms with Crippen LogP contribution in [0.1, 0.15) is 27.8 Å². The lowest BCUT2D eigenvalue weighted by molar-refractivity contribution is -0.229. The summed E-state index contributed by atoms with van der Waals surface area (Å²) in [4.78, 5) is 5.27. The Morgan fingerprint density at radius 2 is 1.82 bits per heavy atom. The second-order valence-corrected chi connectivity index (χ2v) is 12.4. The van der Waals surface area contributed by atoms with Gasteiger partial charge in [-0.05, 0) is 48.4 Å². The number of nitrogens with zero attached hydrogens (tertiary/aromatic N) is 1. The molecule has 5 rings (SSSR count). The number of hydrogen-bond acceptors (Lipinski definition) is 10. The molecule has 206 valence electrons. The third-order valence-electron chi connectivity index (χ3n) is 6.47. The van der Waals surface area contributed by atoms with Gasteiger partial charge < -0.3 is 24.5 Å². The molecule has 0 radical (unpaired) electrons. The van der Waals surface area contributed by atoms with Crippen molar-refractivity contribution in [2.24, 2.45) is 0 Å². The summed E-state index contributed by atoms with van der Waals surface area (Å²) >= 11 is 7.91. The van der Waals surface area contributed by atoms with E-state index in [1.165, 1.54) is 23.5 Å². The maximum Gasteiger partial charge on any atom is 0.297 e. The lowest BCUT2D eigenvalue weighted by Crippen LogP contribution is -2.55. The van der Waals surface area contributed by atoms with Gasteiger partial charge in [0.15, 0.2) is 0 Å². The van der Waals surface area contributed by atoms with Crippen LogP contribution in [0, 0.1) is 6.92 Å². The number of aliphatic hydroxyl groups excluding tert-OH is 3. The van der Waals surface area contributed by atoms with E-state index in [2.05, 4.69) is 4.98 Å². The standard InChI is InChI=1S/C27H26ClNO8S2/c1-15-4-7-18(8-5-15)39(33,34)36-14-21-24(30)25(31)26(32)27(37-21)16-6-9-19(28)17(11-16)12-23-29-13-22(38-23)20-3-2-10-35-20/h2-11,13,21,24-27,30-32H,12,14H2,1H3/t21-,24+,25-,26-,27+/m1/s1. The maximum absolute atomic E-state index is 12.6. The molecule has 0 saturated carbocycles. The molecule has 2 aromatic heterocycles. The van der Waals surface area contributed by atoms with E-state index < -0.39 is 47.2 Å². The lowest BCUT2D eigenvalue weighted by Gasteiger charge is -2.40. The smallest absolute Gasteiger partial charge is 0.297 e. The minimum absolute atomic E-state index is 0.0460. The molecule has 0 spiro atoms. The van der Waals surface area contributed by atoms with Gasteiger partial charge in [-0.15, -0.1) is 11.3 Å². The second-order valence-electron chi connectivity index (χ2n) is 9.24. The van der Waals surface area contributed by atoms with Crippen molar-refractivity contribution in [3.8, 4) is 10.6 Å². The number of furan rings is 1. The summed E-state index contributed by atoms with van der Waals surface area (Å²) in [6.07, 6.45) is -3.27. The van der Waals surface area contributed by atoms with Crippen LogP contribution in [0.3, 0.4) is 0 Å². The number of ether oxygens (including phenoxy) is 1. The van der Waals surface area contributed by atoms with E-state index in [-0.39, 0.29) is 4.90 Å². The highest BCUT2D eigenvalue weighted by Crippen LogP contribution is 2.36.